The molecule has 0 saturated heterocycles. The summed E-state index contributed by atoms with van der Waals surface area (Å²) < 4.78 is 18.8. The number of aliphatic hydroxyl groups excluding tert-OH is 5. The van der Waals surface area contributed by atoms with Crippen LogP contribution in [0.2, 0.25) is 0 Å². The Balaban J connectivity index is 1.63. The van der Waals surface area contributed by atoms with Gasteiger partial charge in [-0.15, -0.1) is 0 Å². The Labute approximate surface area is 346 Å². The number of aryl methyl sites for hydroxylation is 2. The summed E-state index contributed by atoms with van der Waals surface area (Å²) in [4.78, 5) is 30.6. The molecule has 0 bridgehead atoms. The number of ketones is 2. The summed E-state index contributed by atoms with van der Waals surface area (Å²) in [6.07, 6.45) is 0.475. The largest absolute Gasteiger partial charge is 0.497 e. The molecule has 8 rings (SSSR count). The van der Waals surface area contributed by atoms with Crippen LogP contribution in [-0.4, -0.2) is 63.0 Å². The van der Waals surface area contributed by atoms with Crippen LogP contribution in [-0.2, 0) is 46.0 Å². The topological polar surface area (TPSA) is 168 Å². The number of carbonyl (C=O) groups excluding carboxylic acids is 2. The highest BCUT2D eigenvalue weighted by Gasteiger charge is 2.38. The number of benzene rings is 5. The predicted molar refractivity (Wildman–Crippen MR) is 225 cm³/mol. The number of Topliss-reactive ketones (excluding diaryl/α,β-unsaturated/α-hetero) is 2. The number of aromatic nitrogens is 1. The molecule has 0 spiro atoms. The molecule has 6 aromatic rings. The Bertz CT molecular complexity index is 2850. The van der Waals surface area contributed by atoms with Crippen molar-refractivity contribution < 1.29 is 49.3 Å². The number of fused-ring (bicyclic) bond motifs is 7. The van der Waals surface area contributed by atoms with Gasteiger partial charge in [0.05, 0.1) is 76.2 Å². The van der Waals surface area contributed by atoms with Gasteiger partial charge in [-0.1, -0.05) is 30.3 Å². The highest BCUT2D eigenvalue weighted by molar-refractivity contribution is 6.35. The minimum atomic E-state index is -0.425. The fraction of sp³-hybridized carbons (Fsp3) is 0.224. The third kappa shape index (κ3) is 6.51. The first-order chi connectivity index (χ1) is 29.1. The van der Waals surface area contributed by atoms with Crippen LogP contribution in [0.15, 0.2) is 84.9 Å². The lowest BCUT2D eigenvalue weighted by molar-refractivity contribution is 0.104. The Hall–Kier alpha value is -6.34. The minimum absolute atomic E-state index is 0.279. The van der Waals surface area contributed by atoms with Crippen LogP contribution in [0.25, 0.3) is 33.4 Å². The fourth-order valence-electron chi connectivity index (χ4n) is 8.77. The average molecular weight is 808 g/mol. The van der Waals surface area contributed by atoms with Gasteiger partial charge in [0.25, 0.3) is 0 Å². The van der Waals surface area contributed by atoms with Crippen molar-refractivity contribution in [2.24, 2.45) is 0 Å². The van der Waals surface area contributed by atoms with Crippen molar-refractivity contribution in [2.45, 2.75) is 52.9 Å². The van der Waals surface area contributed by atoms with Crippen LogP contribution in [0.3, 0.4) is 0 Å². The van der Waals surface area contributed by atoms with Crippen molar-refractivity contribution in [3.8, 4) is 39.5 Å². The zero-order valence-electron chi connectivity index (χ0n) is 33.8. The Morgan fingerprint density at radius 1 is 0.500 bits per heavy atom. The van der Waals surface area contributed by atoms with Crippen molar-refractivity contribution in [2.75, 3.05) is 21.3 Å². The first-order valence-electron chi connectivity index (χ1n) is 19.6. The Morgan fingerprint density at radius 3 is 1.53 bits per heavy atom. The van der Waals surface area contributed by atoms with Gasteiger partial charge in [0.15, 0.2) is 11.6 Å². The normalized spacial score (nSPS) is 12.9. The molecule has 0 aliphatic heterocycles. The Morgan fingerprint density at radius 2 is 1.00 bits per heavy atom. The van der Waals surface area contributed by atoms with Crippen molar-refractivity contribution in [1.29, 1.82) is 0 Å². The third-order valence-corrected chi connectivity index (χ3v) is 11.8. The van der Waals surface area contributed by atoms with Crippen LogP contribution in [0, 0.1) is 6.92 Å². The van der Waals surface area contributed by atoms with Gasteiger partial charge in [0.2, 0.25) is 0 Å². The molecule has 2 aliphatic carbocycles. The van der Waals surface area contributed by atoms with E-state index in [0.717, 1.165) is 11.1 Å². The number of nitrogens with zero attached hydrogens (tertiary/aromatic N) is 1. The third-order valence-electron chi connectivity index (χ3n) is 11.8. The molecule has 0 unspecified atom stereocenters. The van der Waals surface area contributed by atoms with E-state index in [1.165, 1.54) is 7.11 Å². The van der Waals surface area contributed by atoms with Gasteiger partial charge in [-0.2, -0.15) is 0 Å². The van der Waals surface area contributed by atoms with E-state index in [1.807, 2.05) is 54.0 Å². The first kappa shape index (κ1) is 40.4. The lowest BCUT2D eigenvalue weighted by atomic mass is 9.78. The van der Waals surface area contributed by atoms with Gasteiger partial charge in [0.1, 0.15) is 17.2 Å². The second kappa shape index (κ2) is 16.4. The van der Waals surface area contributed by atoms with Gasteiger partial charge in [-0.3, -0.25) is 9.59 Å². The highest BCUT2D eigenvalue weighted by atomic mass is 16.5. The van der Waals surface area contributed by atoms with E-state index in [1.54, 1.807) is 56.7 Å². The van der Waals surface area contributed by atoms with E-state index in [-0.39, 0.29) is 42.5 Å². The summed E-state index contributed by atoms with van der Waals surface area (Å²) in [5, 5.41) is 53.4. The molecule has 0 atom stereocenters. The smallest absolute Gasteiger partial charge is 0.196 e. The lowest BCUT2D eigenvalue weighted by Gasteiger charge is -2.23. The summed E-state index contributed by atoms with van der Waals surface area (Å²) in [5.41, 5.74) is 8.63. The van der Waals surface area contributed by atoms with E-state index in [2.05, 4.69) is 0 Å². The molecule has 11 heteroatoms. The fourth-order valence-corrected chi connectivity index (χ4v) is 8.77. The molecule has 0 radical (unpaired) electrons. The number of carbonyl (C=O) groups is 2. The van der Waals surface area contributed by atoms with E-state index >= 15 is 9.59 Å². The molecule has 1 heterocycles. The molecule has 11 nitrogen and oxygen atoms in total. The van der Waals surface area contributed by atoms with Crippen LogP contribution < -0.4 is 24.9 Å². The number of hydrogen-bond donors (Lipinski definition) is 5. The van der Waals surface area contributed by atoms with Crippen LogP contribution in [0.1, 0.15) is 70.8 Å². The van der Waals surface area contributed by atoms with Crippen LogP contribution >= 0.6 is 0 Å². The van der Waals surface area contributed by atoms with Gasteiger partial charge >= 0.3 is 0 Å². The van der Waals surface area contributed by atoms with Gasteiger partial charge in [0, 0.05) is 34.4 Å². The number of hydrogen-bond acceptors (Lipinski definition) is 10. The molecule has 0 fully saturated rings. The SMILES string of the molecule is COc1ccc(CCn2c3c(c4c2=C(c2ccc(OC)c(C)c2)C(=O)c2cc(OC)c(CO)cc2-4)-c2cc(CO)c(CO)cc2C(=O)C=3c2ccc(CO)c(CO)c2)cc1. The molecule has 0 amide bonds. The van der Waals surface area contributed by atoms with Crippen LogP contribution in [0.5, 0.6) is 17.2 Å². The molecule has 2 aliphatic rings. The number of aliphatic hydroxyl groups is 5. The maximum absolute atomic E-state index is 15.3. The van der Waals surface area contributed by atoms with E-state index in [4.69, 9.17) is 14.2 Å². The lowest BCUT2D eigenvalue weighted by Crippen LogP contribution is -2.36. The zero-order chi connectivity index (χ0) is 42.4. The van der Waals surface area contributed by atoms with Crippen molar-refractivity contribution in [1.82, 2.24) is 4.57 Å². The monoisotopic (exact) mass is 807 g/mol. The molecule has 5 N–H and O–H groups in total. The molecule has 1 aromatic heterocycles. The van der Waals surface area contributed by atoms with Gasteiger partial charge in [-0.05, 0) is 124 Å². The highest BCUT2D eigenvalue weighted by Crippen LogP contribution is 2.44. The molecule has 0 saturated carbocycles. The van der Waals surface area contributed by atoms with Crippen molar-refractivity contribution >= 4 is 22.7 Å². The van der Waals surface area contributed by atoms with E-state index < -0.39 is 13.2 Å². The molecule has 5 aromatic carbocycles. The summed E-state index contributed by atoms with van der Waals surface area (Å²) in [6.45, 7) is 0.278. The molecular weight excluding hydrogens is 763 g/mol. The molecule has 60 heavy (non-hydrogen) atoms. The minimum Gasteiger partial charge on any atom is -0.497 e. The quantitative estimate of drug-likeness (QED) is 0.111. The summed E-state index contributed by atoms with van der Waals surface area (Å²) in [6, 6.07) is 25.2. The van der Waals surface area contributed by atoms with Crippen molar-refractivity contribution in [3.05, 3.63) is 157 Å². The summed E-state index contributed by atoms with van der Waals surface area (Å²) in [7, 11) is 4.67. The standard InChI is InChI=1S/C49H45NO10/c1-26-15-28(9-12-40(26)59-3)42-46-45(37-19-34(25-55)41(60-4)20-39(37)49(42)57)44-36-17-32(23-53)33(24-54)18-38(36)48(56)43(29-7-8-30(21-51)31(16-29)22-52)47(44)50(46)14-13-27-5-10-35(58-2)11-6-27/h5-12,15-20,51-55H,13-14,21-25H2,1-4H3. The van der Waals surface area contributed by atoms with Gasteiger partial charge < -0.3 is 44.3 Å². The Kier molecular flexibility index (Phi) is 11.0. The summed E-state index contributed by atoms with van der Waals surface area (Å²) in [5.74, 6) is 1.02. The van der Waals surface area contributed by atoms with E-state index in [9.17, 15) is 25.5 Å². The number of ether oxygens (including phenoxy) is 3. The predicted octanol–water partition coefficient (Wildman–Crippen LogP) is 4.65. The number of methoxy groups -OCH3 is 3. The number of rotatable bonds is 13. The van der Waals surface area contributed by atoms with E-state index in [0.29, 0.717) is 113 Å². The molecule has 306 valence electrons. The maximum atomic E-state index is 15.3. The second-order valence-electron chi connectivity index (χ2n) is 14.9. The van der Waals surface area contributed by atoms with Crippen molar-refractivity contribution in [3.63, 3.8) is 0 Å². The maximum Gasteiger partial charge on any atom is 0.196 e. The first-order valence-corrected chi connectivity index (χ1v) is 19.6. The molecular formula is C49H45NO10. The second-order valence-corrected chi connectivity index (χ2v) is 14.9. The van der Waals surface area contributed by atoms with Crippen LogP contribution in [0.4, 0.5) is 0 Å². The average Bonchev–Trinajstić information content (AvgIpc) is 3.61. The zero-order valence-corrected chi connectivity index (χ0v) is 33.8. The summed E-state index contributed by atoms with van der Waals surface area (Å²) >= 11 is 0. The van der Waals surface area contributed by atoms with Gasteiger partial charge in [-0.25, -0.2) is 0 Å².